The quantitative estimate of drug-likeness (QED) is 0.310. The van der Waals surface area contributed by atoms with E-state index in [0.29, 0.717) is 18.8 Å². The van der Waals surface area contributed by atoms with Crippen molar-refractivity contribution in [2.24, 2.45) is 5.92 Å². The fourth-order valence-electron chi connectivity index (χ4n) is 4.18. The predicted molar refractivity (Wildman–Crippen MR) is 135 cm³/mol. The molecule has 0 atom stereocenters. The van der Waals surface area contributed by atoms with Crippen molar-refractivity contribution in [3.63, 3.8) is 0 Å². The number of anilines is 1. The van der Waals surface area contributed by atoms with Crippen molar-refractivity contribution in [1.29, 1.82) is 0 Å². The van der Waals surface area contributed by atoms with Crippen LogP contribution >= 0.6 is 11.3 Å². The smallest absolute Gasteiger partial charge is 0.309 e. The molecule has 4 rings (SSSR count). The number of rotatable bonds is 8. The molecule has 2 heterocycles. The number of thiazole rings is 1. The number of aromatic nitrogens is 1. The van der Waals surface area contributed by atoms with Crippen LogP contribution in [0.15, 0.2) is 41.8 Å². The van der Waals surface area contributed by atoms with Crippen LogP contribution in [-0.2, 0) is 16.1 Å². The zero-order chi connectivity index (χ0) is 24.1. The molecule has 7 heteroatoms. The summed E-state index contributed by atoms with van der Waals surface area (Å²) in [5.41, 5.74) is 5.73. The third-order valence-corrected chi connectivity index (χ3v) is 7.08. The first kappa shape index (κ1) is 24.0. The Morgan fingerprint density at radius 2 is 1.97 bits per heavy atom. The molecule has 0 spiro atoms. The van der Waals surface area contributed by atoms with Crippen LogP contribution in [0.25, 0.3) is 11.3 Å². The molecule has 1 aromatic heterocycles. The number of carbonyl (C=O) groups is 2. The second kappa shape index (κ2) is 10.8. The summed E-state index contributed by atoms with van der Waals surface area (Å²) in [5, 5.41) is 3.03. The Balaban J connectivity index is 1.47. The Hall–Kier alpha value is -3.19. The Morgan fingerprint density at radius 3 is 2.68 bits per heavy atom. The van der Waals surface area contributed by atoms with Gasteiger partial charge >= 0.3 is 5.97 Å². The average Bonchev–Trinajstić information content (AvgIpc) is 3.34. The summed E-state index contributed by atoms with van der Waals surface area (Å²) in [4.78, 5) is 30.2. The largest absolute Gasteiger partial charge is 0.488 e. The molecule has 0 unspecified atom stereocenters. The molecule has 1 fully saturated rings. The Morgan fingerprint density at radius 1 is 1.18 bits per heavy atom. The van der Waals surface area contributed by atoms with Gasteiger partial charge in [0.2, 0.25) is 0 Å². The van der Waals surface area contributed by atoms with Gasteiger partial charge in [-0.1, -0.05) is 23.8 Å². The van der Waals surface area contributed by atoms with E-state index < -0.39 is 0 Å². The molecule has 1 aliphatic rings. The normalized spacial score (nSPS) is 14.1. The van der Waals surface area contributed by atoms with Gasteiger partial charge < -0.3 is 14.4 Å². The fourth-order valence-corrected chi connectivity index (χ4v) is 5.06. The van der Waals surface area contributed by atoms with Crippen LogP contribution < -0.4 is 9.64 Å². The summed E-state index contributed by atoms with van der Waals surface area (Å²) in [6, 6.07) is 11.8. The van der Waals surface area contributed by atoms with Crippen molar-refractivity contribution in [3.05, 3.63) is 64.0 Å². The number of aldehydes is 1. The minimum atomic E-state index is -0.0837. The Bertz CT molecular complexity index is 1170. The summed E-state index contributed by atoms with van der Waals surface area (Å²) in [5.74, 6) is 0.679. The van der Waals surface area contributed by atoms with Gasteiger partial charge in [-0.25, -0.2) is 4.98 Å². The van der Waals surface area contributed by atoms with Gasteiger partial charge in [-0.2, -0.15) is 0 Å². The highest BCUT2D eigenvalue weighted by Gasteiger charge is 2.27. The van der Waals surface area contributed by atoms with E-state index in [2.05, 4.69) is 23.3 Å². The highest BCUT2D eigenvalue weighted by atomic mass is 32.1. The molecule has 1 saturated heterocycles. The van der Waals surface area contributed by atoms with Crippen LogP contribution in [0.5, 0.6) is 5.75 Å². The standard InChI is InChI=1S/C27H30N2O4S/c1-4-32-26(31)21-9-11-29(12-10-21)27-28-24(17-34-27)23-13-18(2)5-8-25(23)33-16-22-7-6-20(15-30)14-19(22)3/h5-8,13-15,17,21H,4,9-12,16H2,1-3H3. The van der Waals surface area contributed by atoms with Gasteiger partial charge in [0.15, 0.2) is 5.13 Å². The molecular formula is C27H30N2O4S. The van der Waals surface area contributed by atoms with Crippen molar-refractivity contribution in [1.82, 2.24) is 4.98 Å². The van der Waals surface area contributed by atoms with E-state index in [1.807, 2.05) is 44.2 Å². The number of esters is 1. The summed E-state index contributed by atoms with van der Waals surface area (Å²) in [7, 11) is 0. The number of piperidine rings is 1. The lowest BCUT2D eigenvalue weighted by atomic mass is 9.97. The van der Waals surface area contributed by atoms with Crippen LogP contribution in [0.2, 0.25) is 0 Å². The maximum Gasteiger partial charge on any atom is 0.309 e. The first-order chi connectivity index (χ1) is 16.5. The van der Waals surface area contributed by atoms with Gasteiger partial charge in [-0.05, 0) is 62.9 Å². The molecule has 34 heavy (non-hydrogen) atoms. The SMILES string of the molecule is CCOC(=O)C1CCN(c2nc(-c3cc(C)ccc3OCc3ccc(C=O)cc3C)cs2)CC1. The molecular weight excluding hydrogens is 448 g/mol. The van der Waals surface area contributed by atoms with E-state index in [4.69, 9.17) is 14.5 Å². The number of nitrogens with zero attached hydrogens (tertiary/aromatic N) is 2. The topological polar surface area (TPSA) is 68.7 Å². The molecule has 0 N–H and O–H groups in total. The van der Waals surface area contributed by atoms with Crippen molar-refractivity contribution >= 4 is 28.7 Å². The van der Waals surface area contributed by atoms with E-state index in [9.17, 15) is 9.59 Å². The number of ether oxygens (including phenoxy) is 2. The van der Waals surface area contributed by atoms with Crippen LogP contribution in [0.3, 0.4) is 0 Å². The highest BCUT2D eigenvalue weighted by molar-refractivity contribution is 7.14. The molecule has 0 saturated carbocycles. The number of benzene rings is 2. The molecule has 3 aromatic rings. The highest BCUT2D eigenvalue weighted by Crippen LogP contribution is 2.36. The third kappa shape index (κ3) is 5.47. The van der Waals surface area contributed by atoms with Gasteiger partial charge in [-0.3, -0.25) is 9.59 Å². The van der Waals surface area contributed by atoms with Crippen LogP contribution in [-0.4, -0.2) is 36.9 Å². The van der Waals surface area contributed by atoms with Crippen LogP contribution in [0.4, 0.5) is 5.13 Å². The van der Waals surface area contributed by atoms with Crippen LogP contribution in [0.1, 0.15) is 46.8 Å². The Kier molecular flexibility index (Phi) is 7.63. The zero-order valence-electron chi connectivity index (χ0n) is 19.9. The van der Waals surface area contributed by atoms with E-state index in [1.165, 1.54) is 0 Å². The minimum Gasteiger partial charge on any atom is -0.488 e. The molecule has 2 aromatic carbocycles. The molecule has 0 aliphatic carbocycles. The molecule has 0 radical (unpaired) electrons. The maximum absolute atomic E-state index is 12.0. The summed E-state index contributed by atoms with van der Waals surface area (Å²) in [6.45, 7) is 8.33. The second-order valence-corrected chi connectivity index (χ2v) is 9.46. The maximum atomic E-state index is 12.0. The summed E-state index contributed by atoms with van der Waals surface area (Å²) in [6.07, 6.45) is 2.43. The second-order valence-electron chi connectivity index (χ2n) is 8.62. The lowest BCUT2D eigenvalue weighted by Crippen LogP contribution is -2.36. The van der Waals surface area contributed by atoms with Crippen molar-refractivity contribution in [2.45, 2.75) is 40.2 Å². The number of aryl methyl sites for hydroxylation is 2. The van der Waals surface area contributed by atoms with Gasteiger partial charge in [0.05, 0.1) is 18.2 Å². The van der Waals surface area contributed by atoms with Crippen molar-refractivity contribution < 1.29 is 19.1 Å². The molecule has 178 valence electrons. The van der Waals surface area contributed by atoms with E-state index >= 15 is 0 Å². The predicted octanol–water partition coefficient (Wildman–Crippen LogP) is 5.60. The van der Waals surface area contributed by atoms with Crippen molar-refractivity contribution in [2.75, 3.05) is 24.6 Å². The first-order valence-corrected chi connectivity index (χ1v) is 12.5. The van der Waals surface area contributed by atoms with E-state index in [1.54, 1.807) is 11.3 Å². The van der Waals surface area contributed by atoms with Crippen LogP contribution in [0, 0.1) is 19.8 Å². The van der Waals surface area contributed by atoms with Gasteiger partial charge in [0.25, 0.3) is 0 Å². The van der Waals surface area contributed by atoms with Gasteiger partial charge in [0, 0.05) is 29.6 Å². The average molecular weight is 479 g/mol. The van der Waals surface area contributed by atoms with E-state index in [0.717, 1.165) is 71.0 Å². The summed E-state index contributed by atoms with van der Waals surface area (Å²) < 4.78 is 11.4. The first-order valence-electron chi connectivity index (χ1n) is 11.6. The lowest BCUT2D eigenvalue weighted by molar-refractivity contribution is -0.148. The fraction of sp³-hybridized carbons (Fsp3) is 0.370. The zero-order valence-corrected chi connectivity index (χ0v) is 20.7. The molecule has 6 nitrogen and oxygen atoms in total. The molecule has 0 amide bonds. The third-order valence-electron chi connectivity index (χ3n) is 6.17. The monoisotopic (exact) mass is 478 g/mol. The number of hydrogen-bond acceptors (Lipinski definition) is 7. The number of carbonyl (C=O) groups excluding carboxylic acids is 2. The summed E-state index contributed by atoms with van der Waals surface area (Å²) >= 11 is 1.62. The van der Waals surface area contributed by atoms with E-state index in [-0.39, 0.29) is 11.9 Å². The number of hydrogen-bond donors (Lipinski definition) is 0. The Labute approximate surface area is 204 Å². The lowest BCUT2D eigenvalue weighted by Gasteiger charge is -2.30. The molecule has 1 aliphatic heterocycles. The van der Waals surface area contributed by atoms with Crippen molar-refractivity contribution in [3.8, 4) is 17.0 Å². The minimum absolute atomic E-state index is 0.0172. The molecule has 0 bridgehead atoms. The van der Waals surface area contributed by atoms with Gasteiger partial charge in [-0.15, -0.1) is 11.3 Å². The van der Waals surface area contributed by atoms with Gasteiger partial charge in [0.1, 0.15) is 18.6 Å².